The van der Waals surface area contributed by atoms with Crippen molar-refractivity contribution >= 4 is 40.5 Å². The van der Waals surface area contributed by atoms with E-state index in [9.17, 15) is 0 Å². The van der Waals surface area contributed by atoms with Crippen LogP contribution in [-0.4, -0.2) is 48.0 Å². The van der Waals surface area contributed by atoms with Gasteiger partial charge in [-0.2, -0.15) is 0 Å². The molecule has 0 unspecified atom stereocenters. The first-order valence-electron chi connectivity index (χ1n) is 12.9. The summed E-state index contributed by atoms with van der Waals surface area (Å²) in [4.78, 5) is 5.23. The predicted octanol–water partition coefficient (Wildman–Crippen LogP) is 6.63. The molecular formula is C29H38N4S2. The van der Waals surface area contributed by atoms with Crippen LogP contribution in [0.15, 0.2) is 83.5 Å². The van der Waals surface area contributed by atoms with E-state index in [0.29, 0.717) is 5.11 Å². The van der Waals surface area contributed by atoms with E-state index < -0.39 is 0 Å². The number of nitrogens with one attached hydrogen (secondary N) is 2. The van der Waals surface area contributed by atoms with Gasteiger partial charge >= 0.3 is 0 Å². The Labute approximate surface area is 220 Å². The molecule has 2 N–H and O–H groups in total. The van der Waals surface area contributed by atoms with Gasteiger partial charge in [0, 0.05) is 36.3 Å². The minimum Gasteiger partial charge on any atom is -0.371 e. The highest BCUT2D eigenvalue weighted by molar-refractivity contribution is 8.03. The SMILES string of the molecule is CC/C=C(\NC(=S)Nc1ccc(N2CCC(N3CCCC3)CC2)cc1)SCC1=C/C=C\C=C/C=C\1. The summed E-state index contributed by atoms with van der Waals surface area (Å²) in [6, 6.07) is 9.49. The van der Waals surface area contributed by atoms with Gasteiger partial charge in [-0.3, -0.25) is 0 Å². The van der Waals surface area contributed by atoms with Crippen LogP contribution < -0.4 is 15.5 Å². The molecule has 1 aromatic carbocycles. The van der Waals surface area contributed by atoms with Gasteiger partial charge in [0.25, 0.3) is 0 Å². The summed E-state index contributed by atoms with van der Waals surface area (Å²) in [5, 5.41) is 8.45. The number of nitrogens with zero attached hydrogens (tertiary/aromatic N) is 2. The molecule has 0 saturated carbocycles. The summed E-state index contributed by atoms with van der Waals surface area (Å²) in [6.07, 6.45) is 23.1. The molecule has 186 valence electrons. The number of rotatable bonds is 8. The van der Waals surface area contributed by atoms with Crippen LogP contribution in [-0.2, 0) is 0 Å². The molecule has 6 heteroatoms. The molecule has 0 bridgehead atoms. The summed E-state index contributed by atoms with van der Waals surface area (Å²) in [5.74, 6) is 0.888. The second-order valence-corrected chi connectivity index (χ2v) is 10.6. The van der Waals surface area contributed by atoms with Gasteiger partial charge in [0.2, 0.25) is 0 Å². The van der Waals surface area contributed by atoms with E-state index in [1.54, 1.807) is 11.8 Å². The Hall–Kier alpha value is -2.28. The van der Waals surface area contributed by atoms with E-state index in [4.69, 9.17) is 12.2 Å². The minimum absolute atomic E-state index is 0.626. The largest absolute Gasteiger partial charge is 0.371 e. The van der Waals surface area contributed by atoms with Gasteiger partial charge in [-0.05, 0) is 87.3 Å². The second-order valence-electron chi connectivity index (χ2n) is 9.22. The summed E-state index contributed by atoms with van der Waals surface area (Å²) in [6.45, 7) is 7.04. The Morgan fingerprint density at radius 3 is 2.46 bits per heavy atom. The summed E-state index contributed by atoms with van der Waals surface area (Å²) in [5.41, 5.74) is 3.60. The van der Waals surface area contributed by atoms with Gasteiger partial charge in [0.15, 0.2) is 5.11 Å². The standard InChI is InChI=1S/C29H38N4S2/c1-2-10-28(35-23-24-11-6-4-3-5-7-12-24)31-29(34)30-25-13-15-26(16-14-25)33-21-17-27(18-22-33)32-19-8-9-20-32/h3-7,10-16,27H,2,8-9,17-23H2,1H3,(H2,30,31,34)/b4-3-,5-3?,6-4?,7-5-,11-6-,12-7?,24-11?,24-12+,28-10+. The van der Waals surface area contributed by atoms with Gasteiger partial charge < -0.3 is 20.4 Å². The van der Waals surface area contributed by atoms with Gasteiger partial charge in [0.05, 0.1) is 5.03 Å². The maximum Gasteiger partial charge on any atom is 0.175 e. The highest BCUT2D eigenvalue weighted by atomic mass is 32.2. The van der Waals surface area contributed by atoms with Crippen LogP contribution in [0.4, 0.5) is 11.4 Å². The van der Waals surface area contributed by atoms with Gasteiger partial charge in [-0.15, -0.1) is 11.8 Å². The molecule has 1 aromatic rings. The van der Waals surface area contributed by atoms with Crippen molar-refractivity contribution < 1.29 is 0 Å². The zero-order chi connectivity index (χ0) is 24.3. The maximum atomic E-state index is 5.62. The zero-order valence-electron chi connectivity index (χ0n) is 20.8. The molecule has 1 aliphatic carbocycles. The Bertz CT molecular complexity index is 976. The molecule has 2 saturated heterocycles. The Balaban J connectivity index is 1.24. The highest BCUT2D eigenvalue weighted by Crippen LogP contribution is 2.26. The lowest BCUT2D eigenvalue weighted by molar-refractivity contribution is 0.208. The normalized spacial score (nSPS) is 23.6. The Kier molecular flexibility index (Phi) is 10.1. The molecule has 3 aliphatic rings. The maximum absolute atomic E-state index is 5.62. The van der Waals surface area contributed by atoms with Crippen LogP contribution in [0.25, 0.3) is 0 Å². The smallest absolute Gasteiger partial charge is 0.175 e. The number of anilines is 2. The van der Waals surface area contributed by atoms with E-state index in [2.05, 4.69) is 94.2 Å². The van der Waals surface area contributed by atoms with Crippen LogP contribution in [0.5, 0.6) is 0 Å². The number of hydrogen-bond donors (Lipinski definition) is 2. The third kappa shape index (κ3) is 8.13. The molecule has 0 amide bonds. The van der Waals surface area contributed by atoms with Crippen LogP contribution in [0.2, 0.25) is 0 Å². The lowest BCUT2D eigenvalue weighted by Gasteiger charge is -2.37. The summed E-state index contributed by atoms with van der Waals surface area (Å²) in [7, 11) is 0. The average molecular weight is 507 g/mol. The molecule has 0 aromatic heterocycles. The monoisotopic (exact) mass is 506 g/mol. The van der Waals surface area contributed by atoms with Crippen molar-refractivity contribution in [2.75, 3.05) is 42.1 Å². The van der Waals surface area contributed by atoms with Crippen molar-refractivity contribution in [1.29, 1.82) is 0 Å². The van der Waals surface area contributed by atoms with Gasteiger partial charge in [-0.25, -0.2) is 0 Å². The number of piperidine rings is 1. The van der Waals surface area contributed by atoms with E-state index >= 15 is 0 Å². The lowest BCUT2D eigenvalue weighted by atomic mass is 10.0. The van der Waals surface area contributed by atoms with E-state index in [0.717, 1.165) is 42.0 Å². The van der Waals surface area contributed by atoms with Crippen molar-refractivity contribution in [2.24, 2.45) is 0 Å². The van der Waals surface area contributed by atoms with Crippen molar-refractivity contribution in [1.82, 2.24) is 10.2 Å². The van der Waals surface area contributed by atoms with E-state index in [1.807, 2.05) is 6.08 Å². The lowest BCUT2D eigenvalue weighted by Crippen LogP contribution is -2.43. The zero-order valence-corrected chi connectivity index (χ0v) is 22.4. The Morgan fingerprint density at radius 1 is 1.00 bits per heavy atom. The molecule has 4 rings (SSSR count). The summed E-state index contributed by atoms with van der Waals surface area (Å²) >= 11 is 7.39. The van der Waals surface area contributed by atoms with Crippen molar-refractivity contribution in [3.8, 4) is 0 Å². The number of thioether (sulfide) groups is 1. The Morgan fingerprint density at radius 2 is 1.71 bits per heavy atom. The average Bonchev–Trinajstić information content (AvgIpc) is 3.39. The first kappa shape index (κ1) is 25.8. The molecule has 2 heterocycles. The van der Waals surface area contributed by atoms with Gasteiger partial charge in [0.1, 0.15) is 0 Å². The molecule has 2 aliphatic heterocycles. The molecular weight excluding hydrogens is 468 g/mol. The van der Waals surface area contributed by atoms with Crippen molar-refractivity contribution in [3.05, 3.63) is 83.5 Å². The number of hydrogen-bond acceptors (Lipinski definition) is 4. The third-order valence-corrected chi connectivity index (χ3v) is 7.96. The van der Waals surface area contributed by atoms with Crippen LogP contribution in [0, 0.1) is 0 Å². The number of likely N-dealkylation sites (tertiary alicyclic amines) is 1. The van der Waals surface area contributed by atoms with E-state index in [-0.39, 0.29) is 0 Å². The van der Waals surface area contributed by atoms with Gasteiger partial charge in [-0.1, -0.05) is 55.5 Å². The second kappa shape index (κ2) is 13.7. The quantitative estimate of drug-likeness (QED) is 0.385. The minimum atomic E-state index is 0.626. The first-order chi connectivity index (χ1) is 17.2. The molecule has 0 radical (unpaired) electrons. The third-order valence-electron chi connectivity index (χ3n) is 6.70. The van der Waals surface area contributed by atoms with Crippen LogP contribution >= 0.6 is 24.0 Å². The van der Waals surface area contributed by atoms with E-state index in [1.165, 1.54) is 50.0 Å². The molecule has 4 nitrogen and oxygen atoms in total. The van der Waals surface area contributed by atoms with Crippen molar-refractivity contribution in [3.63, 3.8) is 0 Å². The topological polar surface area (TPSA) is 30.5 Å². The highest BCUT2D eigenvalue weighted by Gasteiger charge is 2.26. The molecule has 0 spiro atoms. The number of benzene rings is 1. The molecule has 0 atom stereocenters. The number of allylic oxidation sites excluding steroid dienone is 8. The fraction of sp³-hybridized carbons (Fsp3) is 0.414. The first-order valence-corrected chi connectivity index (χ1v) is 14.3. The fourth-order valence-corrected chi connectivity index (χ4v) is 6.09. The van der Waals surface area contributed by atoms with Crippen molar-refractivity contribution in [2.45, 2.75) is 45.1 Å². The van der Waals surface area contributed by atoms with Crippen LogP contribution in [0.1, 0.15) is 39.0 Å². The molecule has 2 fully saturated rings. The fourth-order valence-electron chi connectivity index (χ4n) is 4.82. The molecule has 35 heavy (non-hydrogen) atoms. The predicted molar refractivity (Wildman–Crippen MR) is 158 cm³/mol. The summed E-state index contributed by atoms with van der Waals surface area (Å²) < 4.78 is 0. The number of thiocarbonyl (C=S) groups is 1. The van der Waals surface area contributed by atoms with Crippen LogP contribution in [0.3, 0.4) is 0 Å².